The smallest absolute Gasteiger partial charge is 0.258 e. The Kier molecular flexibility index (Phi) is 3.11. The molecular weight excluding hydrogens is 226 g/mol. The fourth-order valence-electron chi connectivity index (χ4n) is 2.56. The van der Waals surface area contributed by atoms with Crippen molar-refractivity contribution in [2.24, 2.45) is 0 Å². The average Bonchev–Trinajstić information content (AvgIpc) is 2.40. The summed E-state index contributed by atoms with van der Waals surface area (Å²) in [6, 6.07) is 7.92. The molecule has 1 aromatic carbocycles. The molecule has 0 aliphatic carbocycles. The quantitative estimate of drug-likeness (QED) is 0.842. The molecule has 94 valence electrons. The van der Waals surface area contributed by atoms with E-state index < -0.39 is 0 Å². The minimum atomic E-state index is -0.0357. The van der Waals surface area contributed by atoms with Crippen LogP contribution in [0, 0.1) is 0 Å². The van der Waals surface area contributed by atoms with Crippen LogP contribution < -0.4 is 10.9 Å². The number of piperidine rings is 1. The van der Waals surface area contributed by atoms with Gasteiger partial charge in [-0.1, -0.05) is 18.6 Å². The van der Waals surface area contributed by atoms with Crippen molar-refractivity contribution in [2.45, 2.75) is 31.7 Å². The molecule has 0 amide bonds. The highest BCUT2D eigenvalue weighted by molar-refractivity contribution is 5.77. The number of aromatic nitrogens is 2. The van der Waals surface area contributed by atoms with Gasteiger partial charge in [0.15, 0.2) is 0 Å². The van der Waals surface area contributed by atoms with Gasteiger partial charge in [0.25, 0.3) is 5.56 Å². The Morgan fingerprint density at radius 1 is 1.28 bits per heavy atom. The standard InChI is InChI=1S/C14H17N3O/c18-14-11-6-1-2-7-12(11)16-13(17-14)9-10-5-3-4-8-15-10/h1-2,6-7,10,15H,3-5,8-9H2,(H,16,17,18). The number of para-hydroxylation sites is 1. The molecule has 1 fully saturated rings. The Morgan fingerprint density at radius 3 is 3.00 bits per heavy atom. The van der Waals surface area contributed by atoms with Crippen LogP contribution in [0.25, 0.3) is 10.9 Å². The zero-order chi connectivity index (χ0) is 12.4. The summed E-state index contributed by atoms with van der Waals surface area (Å²) in [7, 11) is 0. The highest BCUT2D eigenvalue weighted by atomic mass is 16.1. The first-order valence-electron chi connectivity index (χ1n) is 6.54. The number of nitrogens with zero attached hydrogens (tertiary/aromatic N) is 1. The summed E-state index contributed by atoms with van der Waals surface area (Å²) in [5, 5.41) is 4.14. The van der Waals surface area contributed by atoms with Crippen molar-refractivity contribution in [1.82, 2.24) is 15.3 Å². The molecule has 3 rings (SSSR count). The molecule has 1 unspecified atom stereocenters. The Labute approximate surface area is 105 Å². The van der Waals surface area contributed by atoms with Crippen LogP contribution in [0.4, 0.5) is 0 Å². The minimum Gasteiger partial charge on any atom is -0.314 e. The topological polar surface area (TPSA) is 57.8 Å². The van der Waals surface area contributed by atoms with E-state index in [-0.39, 0.29) is 5.56 Å². The van der Waals surface area contributed by atoms with E-state index in [0.717, 1.165) is 30.7 Å². The number of H-pyrrole nitrogens is 1. The summed E-state index contributed by atoms with van der Waals surface area (Å²) in [4.78, 5) is 19.4. The molecule has 0 saturated carbocycles. The van der Waals surface area contributed by atoms with Crippen LogP contribution >= 0.6 is 0 Å². The molecule has 2 N–H and O–H groups in total. The summed E-state index contributed by atoms with van der Waals surface area (Å²) in [5.74, 6) is 0.790. The zero-order valence-electron chi connectivity index (χ0n) is 10.3. The first-order chi connectivity index (χ1) is 8.83. The number of hydrogen-bond acceptors (Lipinski definition) is 3. The lowest BCUT2D eigenvalue weighted by Gasteiger charge is -2.22. The van der Waals surface area contributed by atoms with E-state index in [4.69, 9.17) is 0 Å². The van der Waals surface area contributed by atoms with Crippen LogP contribution in [0.1, 0.15) is 25.1 Å². The molecule has 2 heterocycles. The summed E-state index contributed by atoms with van der Waals surface area (Å²) in [6.07, 6.45) is 4.48. The lowest BCUT2D eigenvalue weighted by Crippen LogP contribution is -2.36. The second kappa shape index (κ2) is 4.90. The number of nitrogens with one attached hydrogen (secondary N) is 2. The summed E-state index contributed by atoms with van der Waals surface area (Å²) >= 11 is 0. The van der Waals surface area contributed by atoms with Gasteiger partial charge in [-0.3, -0.25) is 4.79 Å². The summed E-state index contributed by atoms with van der Waals surface area (Å²) in [5.41, 5.74) is 0.749. The molecule has 0 radical (unpaired) electrons. The van der Waals surface area contributed by atoms with Crippen LogP contribution in [-0.4, -0.2) is 22.6 Å². The summed E-state index contributed by atoms with van der Waals surface area (Å²) in [6.45, 7) is 1.07. The van der Waals surface area contributed by atoms with Gasteiger partial charge in [0, 0.05) is 12.5 Å². The van der Waals surface area contributed by atoms with Gasteiger partial charge in [0.05, 0.1) is 10.9 Å². The van der Waals surface area contributed by atoms with E-state index in [9.17, 15) is 4.79 Å². The zero-order valence-corrected chi connectivity index (χ0v) is 10.3. The van der Waals surface area contributed by atoms with Gasteiger partial charge in [-0.15, -0.1) is 0 Å². The van der Waals surface area contributed by atoms with Gasteiger partial charge in [-0.25, -0.2) is 4.98 Å². The molecule has 2 aromatic rings. The third kappa shape index (κ3) is 2.29. The normalized spacial score (nSPS) is 20.1. The fraction of sp³-hybridized carbons (Fsp3) is 0.429. The largest absolute Gasteiger partial charge is 0.314 e. The number of rotatable bonds is 2. The van der Waals surface area contributed by atoms with Gasteiger partial charge in [-0.2, -0.15) is 0 Å². The van der Waals surface area contributed by atoms with Crippen LogP contribution in [0.5, 0.6) is 0 Å². The van der Waals surface area contributed by atoms with Crippen molar-refractivity contribution in [3.05, 3.63) is 40.4 Å². The monoisotopic (exact) mass is 243 g/mol. The predicted octanol–water partition coefficient (Wildman–Crippen LogP) is 1.61. The average molecular weight is 243 g/mol. The number of fused-ring (bicyclic) bond motifs is 1. The Balaban J connectivity index is 1.90. The van der Waals surface area contributed by atoms with Crippen LogP contribution in [0.2, 0.25) is 0 Å². The van der Waals surface area contributed by atoms with Gasteiger partial charge in [0.2, 0.25) is 0 Å². The molecule has 1 aliphatic rings. The van der Waals surface area contributed by atoms with Crippen LogP contribution in [0.15, 0.2) is 29.1 Å². The molecule has 1 aliphatic heterocycles. The van der Waals surface area contributed by atoms with Crippen molar-refractivity contribution in [1.29, 1.82) is 0 Å². The Morgan fingerprint density at radius 2 is 2.17 bits per heavy atom. The number of aromatic amines is 1. The fourth-order valence-corrected chi connectivity index (χ4v) is 2.56. The third-order valence-electron chi connectivity index (χ3n) is 3.51. The number of hydrogen-bond donors (Lipinski definition) is 2. The number of benzene rings is 1. The second-order valence-electron chi connectivity index (χ2n) is 4.88. The molecule has 4 heteroatoms. The van der Waals surface area contributed by atoms with E-state index in [1.54, 1.807) is 0 Å². The molecule has 18 heavy (non-hydrogen) atoms. The second-order valence-corrected chi connectivity index (χ2v) is 4.88. The molecule has 1 atom stereocenters. The Bertz CT molecular complexity index is 599. The first kappa shape index (κ1) is 11.4. The summed E-state index contributed by atoms with van der Waals surface area (Å²) < 4.78 is 0. The van der Waals surface area contributed by atoms with E-state index in [2.05, 4.69) is 15.3 Å². The third-order valence-corrected chi connectivity index (χ3v) is 3.51. The van der Waals surface area contributed by atoms with E-state index in [0.29, 0.717) is 11.4 Å². The molecule has 1 aromatic heterocycles. The minimum absolute atomic E-state index is 0.0357. The first-order valence-corrected chi connectivity index (χ1v) is 6.54. The van der Waals surface area contributed by atoms with Crippen molar-refractivity contribution in [3.63, 3.8) is 0 Å². The molecule has 4 nitrogen and oxygen atoms in total. The van der Waals surface area contributed by atoms with Crippen LogP contribution in [0.3, 0.4) is 0 Å². The Hall–Kier alpha value is -1.68. The highest BCUT2D eigenvalue weighted by Gasteiger charge is 2.14. The van der Waals surface area contributed by atoms with Gasteiger partial charge >= 0.3 is 0 Å². The van der Waals surface area contributed by atoms with Gasteiger partial charge in [0.1, 0.15) is 5.82 Å². The van der Waals surface area contributed by atoms with E-state index in [1.807, 2.05) is 24.3 Å². The molecular formula is C14H17N3O. The molecule has 0 spiro atoms. The predicted molar refractivity (Wildman–Crippen MR) is 71.7 cm³/mol. The lowest BCUT2D eigenvalue weighted by atomic mass is 10.0. The maximum Gasteiger partial charge on any atom is 0.258 e. The highest BCUT2D eigenvalue weighted by Crippen LogP contribution is 2.11. The van der Waals surface area contributed by atoms with Crippen molar-refractivity contribution < 1.29 is 0 Å². The van der Waals surface area contributed by atoms with Gasteiger partial charge in [-0.05, 0) is 31.5 Å². The molecule has 1 saturated heterocycles. The lowest BCUT2D eigenvalue weighted by molar-refractivity contribution is 0.394. The maximum absolute atomic E-state index is 11.9. The molecule has 0 bridgehead atoms. The SMILES string of the molecule is O=c1[nH]c(CC2CCCCN2)nc2ccccc12. The van der Waals surface area contributed by atoms with E-state index >= 15 is 0 Å². The van der Waals surface area contributed by atoms with E-state index in [1.165, 1.54) is 12.8 Å². The van der Waals surface area contributed by atoms with Crippen molar-refractivity contribution in [2.75, 3.05) is 6.54 Å². The van der Waals surface area contributed by atoms with Crippen molar-refractivity contribution in [3.8, 4) is 0 Å². The van der Waals surface area contributed by atoms with Gasteiger partial charge < -0.3 is 10.3 Å². The van der Waals surface area contributed by atoms with Crippen LogP contribution in [-0.2, 0) is 6.42 Å². The maximum atomic E-state index is 11.9. The van der Waals surface area contributed by atoms with Crippen molar-refractivity contribution >= 4 is 10.9 Å².